The van der Waals surface area contributed by atoms with Gasteiger partial charge in [0.15, 0.2) is 0 Å². The van der Waals surface area contributed by atoms with Crippen LogP contribution in [-0.2, 0) is 5.41 Å². The lowest BCUT2D eigenvalue weighted by molar-refractivity contribution is 0.0665. The van der Waals surface area contributed by atoms with Crippen LogP contribution in [0.1, 0.15) is 36.9 Å². The first-order valence-electron chi connectivity index (χ1n) is 5.26. The van der Waals surface area contributed by atoms with Gasteiger partial charge in [-0.25, -0.2) is 4.79 Å². The van der Waals surface area contributed by atoms with Crippen LogP contribution in [0.2, 0.25) is 0 Å². The van der Waals surface area contributed by atoms with Gasteiger partial charge in [0.2, 0.25) is 5.76 Å². The topological polar surface area (TPSA) is 50.4 Å². The standard InChI is InChI=1S/C13H13BrO3/c1-13(2,3)8-4-7-5-10(12(15)16)17-11(7)9(14)6-8/h4-6H,1-3H3,(H,15,16). The largest absolute Gasteiger partial charge is 0.475 e. The van der Waals surface area contributed by atoms with Crippen molar-refractivity contribution in [2.75, 3.05) is 0 Å². The summed E-state index contributed by atoms with van der Waals surface area (Å²) in [6, 6.07) is 5.49. The molecule has 1 N–H and O–H groups in total. The Kier molecular flexibility index (Phi) is 2.78. The average Bonchev–Trinajstić information content (AvgIpc) is 2.60. The number of carbonyl (C=O) groups is 1. The Morgan fingerprint density at radius 2 is 1.94 bits per heavy atom. The number of fused-ring (bicyclic) bond motifs is 1. The number of hydrogen-bond acceptors (Lipinski definition) is 2. The van der Waals surface area contributed by atoms with E-state index in [2.05, 4.69) is 36.7 Å². The minimum atomic E-state index is -1.05. The summed E-state index contributed by atoms with van der Waals surface area (Å²) in [6.07, 6.45) is 0. The maximum absolute atomic E-state index is 10.9. The Bertz CT molecular complexity index is 590. The van der Waals surface area contributed by atoms with Crippen molar-refractivity contribution >= 4 is 32.9 Å². The van der Waals surface area contributed by atoms with Gasteiger partial charge in [-0.3, -0.25) is 0 Å². The van der Waals surface area contributed by atoms with E-state index in [4.69, 9.17) is 9.52 Å². The highest BCUT2D eigenvalue weighted by atomic mass is 79.9. The Labute approximate surface area is 108 Å². The molecule has 0 bridgehead atoms. The molecular formula is C13H13BrO3. The maximum atomic E-state index is 10.9. The van der Waals surface area contributed by atoms with Gasteiger partial charge < -0.3 is 9.52 Å². The summed E-state index contributed by atoms with van der Waals surface area (Å²) in [5.41, 5.74) is 1.72. The van der Waals surface area contributed by atoms with E-state index >= 15 is 0 Å². The molecule has 0 aliphatic rings. The van der Waals surface area contributed by atoms with E-state index in [0.717, 1.165) is 15.4 Å². The molecule has 0 atom stereocenters. The number of carboxylic acid groups (broad SMARTS) is 1. The molecule has 1 heterocycles. The molecule has 0 amide bonds. The van der Waals surface area contributed by atoms with Gasteiger partial charge >= 0.3 is 5.97 Å². The van der Waals surface area contributed by atoms with Crippen molar-refractivity contribution in [1.82, 2.24) is 0 Å². The lowest BCUT2D eigenvalue weighted by atomic mass is 9.86. The number of carboxylic acids is 1. The highest BCUT2D eigenvalue weighted by molar-refractivity contribution is 9.10. The van der Waals surface area contributed by atoms with E-state index in [0.29, 0.717) is 5.58 Å². The first kappa shape index (κ1) is 12.2. The third-order valence-corrected chi connectivity index (χ3v) is 3.24. The molecule has 2 aromatic rings. The monoisotopic (exact) mass is 296 g/mol. The van der Waals surface area contributed by atoms with Crippen LogP contribution in [0.4, 0.5) is 0 Å². The first-order chi connectivity index (χ1) is 7.79. The third kappa shape index (κ3) is 2.22. The van der Waals surface area contributed by atoms with Crippen LogP contribution in [0.15, 0.2) is 27.1 Å². The van der Waals surface area contributed by atoms with Gasteiger partial charge in [-0.15, -0.1) is 0 Å². The lowest BCUT2D eigenvalue weighted by Gasteiger charge is -2.19. The summed E-state index contributed by atoms with van der Waals surface area (Å²) in [5, 5.41) is 9.70. The average molecular weight is 297 g/mol. The van der Waals surface area contributed by atoms with Crippen LogP contribution < -0.4 is 0 Å². The smallest absolute Gasteiger partial charge is 0.371 e. The van der Waals surface area contributed by atoms with Gasteiger partial charge in [-0.1, -0.05) is 20.8 Å². The second-order valence-corrected chi connectivity index (χ2v) is 5.90. The lowest BCUT2D eigenvalue weighted by Crippen LogP contribution is -2.10. The van der Waals surface area contributed by atoms with E-state index in [1.54, 1.807) is 6.07 Å². The van der Waals surface area contributed by atoms with Crippen LogP contribution in [0.25, 0.3) is 11.0 Å². The molecule has 1 aromatic carbocycles. The zero-order valence-electron chi connectivity index (χ0n) is 9.87. The second kappa shape index (κ2) is 3.88. The minimum absolute atomic E-state index is 0.0113. The van der Waals surface area contributed by atoms with Crippen LogP contribution in [0.5, 0.6) is 0 Å². The van der Waals surface area contributed by atoms with Crippen molar-refractivity contribution in [1.29, 1.82) is 0 Å². The molecule has 17 heavy (non-hydrogen) atoms. The van der Waals surface area contributed by atoms with Gasteiger partial charge in [0.1, 0.15) is 5.58 Å². The third-order valence-electron chi connectivity index (χ3n) is 2.65. The minimum Gasteiger partial charge on any atom is -0.475 e. The number of furan rings is 1. The van der Waals surface area contributed by atoms with Crippen molar-refractivity contribution in [3.8, 4) is 0 Å². The SMILES string of the molecule is CC(C)(C)c1cc(Br)c2oc(C(=O)O)cc2c1. The number of benzene rings is 1. The quantitative estimate of drug-likeness (QED) is 0.858. The normalized spacial score (nSPS) is 12.0. The molecule has 90 valence electrons. The Morgan fingerprint density at radius 3 is 2.47 bits per heavy atom. The molecule has 0 fully saturated rings. The predicted octanol–water partition coefficient (Wildman–Crippen LogP) is 4.19. The van der Waals surface area contributed by atoms with Gasteiger partial charge in [-0.05, 0) is 45.1 Å². The molecule has 3 nitrogen and oxygen atoms in total. The Morgan fingerprint density at radius 1 is 1.29 bits per heavy atom. The summed E-state index contributed by atoms with van der Waals surface area (Å²) in [4.78, 5) is 10.9. The first-order valence-corrected chi connectivity index (χ1v) is 6.05. The fraction of sp³-hybridized carbons (Fsp3) is 0.308. The summed E-state index contributed by atoms with van der Waals surface area (Å²) >= 11 is 3.42. The van der Waals surface area contributed by atoms with Gasteiger partial charge in [0, 0.05) is 5.39 Å². The molecule has 0 spiro atoms. The molecule has 0 unspecified atom stereocenters. The Balaban J connectivity index is 2.69. The van der Waals surface area contributed by atoms with E-state index in [-0.39, 0.29) is 11.2 Å². The highest BCUT2D eigenvalue weighted by Gasteiger charge is 2.18. The summed E-state index contributed by atoms with van der Waals surface area (Å²) < 4.78 is 6.07. The summed E-state index contributed by atoms with van der Waals surface area (Å²) in [5.74, 6) is -1.09. The van der Waals surface area contributed by atoms with Crippen molar-refractivity contribution in [2.45, 2.75) is 26.2 Å². The number of aromatic carboxylic acids is 1. The number of halogens is 1. The fourth-order valence-corrected chi connectivity index (χ4v) is 2.21. The van der Waals surface area contributed by atoms with E-state index in [1.807, 2.05) is 12.1 Å². The molecule has 0 aliphatic carbocycles. The van der Waals surface area contributed by atoms with Crippen molar-refractivity contribution in [3.05, 3.63) is 34.0 Å². The highest BCUT2D eigenvalue weighted by Crippen LogP contribution is 2.33. The summed E-state index contributed by atoms with van der Waals surface area (Å²) in [6.45, 7) is 6.33. The van der Waals surface area contributed by atoms with Crippen molar-refractivity contribution in [3.63, 3.8) is 0 Å². The van der Waals surface area contributed by atoms with E-state index in [9.17, 15) is 4.79 Å². The number of hydrogen-bond donors (Lipinski definition) is 1. The summed E-state index contributed by atoms with van der Waals surface area (Å²) in [7, 11) is 0. The molecule has 0 saturated carbocycles. The molecule has 2 rings (SSSR count). The van der Waals surface area contributed by atoms with E-state index < -0.39 is 5.97 Å². The second-order valence-electron chi connectivity index (χ2n) is 5.04. The fourth-order valence-electron chi connectivity index (χ4n) is 1.65. The number of rotatable bonds is 1. The molecule has 0 saturated heterocycles. The van der Waals surface area contributed by atoms with Gasteiger partial charge in [-0.2, -0.15) is 0 Å². The van der Waals surface area contributed by atoms with Crippen LogP contribution in [0.3, 0.4) is 0 Å². The Hall–Kier alpha value is -1.29. The zero-order valence-corrected chi connectivity index (χ0v) is 11.5. The maximum Gasteiger partial charge on any atom is 0.371 e. The predicted molar refractivity (Wildman–Crippen MR) is 69.6 cm³/mol. The molecule has 4 heteroatoms. The van der Waals surface area contributed by atoms with Gasteiger partial charge in [0.05, 0.1) is 4.47 Å². The van der Waals surface area contributed by atoms with Gasteiger partial charge in [0.25, 0.3) is 0 Å². The van der Waals surface area contributed by atoms with Crippen LogP contribution in [-0.4, -0.2) is 11.1 Å². The van der Waals surface area contributed by atoms with Crippen LogP contribution in [0, 0.1) is 0 Å². The van der Waals surface area contributed by atoms with Crippen molar-refractivity contribution < 1.29 is 14.3 Å². The zero-order chi connectivity index (χ0) is 12.8. The van der Waals surface area contributed by atoms with Crippen molar-refractivity contribution in [2.24, 2.45) is 0 Å². The molecule has 0 aliphatic heterocycles. The molecular weight excluding hydrogens is 284 g/mol. The van der Waals surface area contributed by atoms with E-state index in [1.165, 1.54) is 0 Å². The molecule has 0 radical (unpaired) electrons. The van der Waals surface area contributed by atoms with Crippen LogP contribution >= 0.6 is 15.9 Å². The molecule has 1 aromatic heterocycles.